The van der Waals surface area contributed by atoms with Crippen molar-refractivity contribution in [2.45, 2.75) is 33.2 Å². The largest absolute Gasteiger partial charge is 0.493 e. The van der Waals surface area contributed by atoms with E-state index in [1.807, 2.05) is 49.1 Å². The van der Waals surface area contributed by atoms with E-state index in [-0.39, 0.29) is 36.4 Å². The fourth-order valence-electron chi connectivity index (χ4n) is 3.49. The number of carbonyl (C=O) groups is 1. The van der Waals surface area contributed by atoms with Gasteiger partial charge in [-0.1, -0.05) is 42.5 Å². The molecule has 0 saturated carbocycles. The van der Waals surface area contributed by atoms with Gasteiger partial charge in [0.1, 0.15) is 12.3 Å². The molecule has 3 rings (SSSR count). The highest BCUT2D eigenvalue weighted by atomic mass is 127. The van der Waals surface area contributed by atoms with Crippen molar-refractivity contribution >= 4 is 35.8 Å². The molecule has 168 valence electrons. The number of nitrogens with one attached hydrogen (secondary N) is 2. The zero-order valence-electron chi connectivity index (χ0n) is 18.4. The minimum atomic E-state index is 0. The molecule has 0 aliphatic carbocycles. The first-order chi connectivity index (χ1) is 14.7. The van der Waals surface area contributed by atoms with Gasteiger partial charge >= 0.3 is 0 Å². The van der Waals surface area contributed by atoms with Crippen LogP contribution in [0.25, 0.3) is 0 Å². The molecule has 1 heterocycles. The molecule has 2 aromatic carbocycles. The molecule has 0 saturated heterocycles. The van der Waals surface area contributed by atoms with E-state index in [1.165, 1.54) is 11.1 Å². The van der Waals surface area contributed by atoms with Crippen LogP contribution < -0.4 is 15.4 Å². The van der Waals surface area contributed by atoms with Gasteiger partial charge in [-0.15, -0.1) is 24.0 Å². The van der Waals surface area contributed by atoms with Crippen LogP contribution in [0.1, 0.15) is 30.5 Å². The topological polar surface area (TPSA) is 66.0 Å². The Labute approximate surface area is 202 Å². The van der Waals surface area contributed by atoms with Crippen molar-refractivity contribution in [2.24, 2.45) is 4.99 Å². The summed E-state index contributed by atoms with van der Waals surface area (Å²) in [6.45, 7) is 7.70. The molecule has 0 radical (unpaired) electrons. The SMILES string of the molecule is CCNC(=NCC(=O)N(CC)Cc1ccccc1)NCCc1ccc2c(c1)CCO2.I. The summed E-state index contributed by atoms with van der Waals surface area (Å²) in [6, 6.07) is 16.4. The van der Waals surface area contributed by atoms with Crippen molar-refractivity contribution < 1.29 is 9.53 Å². The Balaban J connectivity index is 0.00000341. The first-order valence-electron chi connectivity index (χ1n) is 10.8. The number of nitrogens with zero attached hydrogens (tertiary/aromatic N) is 2. The summed E-state index contributed by atoms with van der Waals surface area (Å²) in [6.07, 6.45) is 1.88. The lowest BCUT2D eigenvalue weighted by Crippen LogP contribution is -2.40. The van der Waals surface area contributed by atoms with Crippen molar-refractivity contribution in [1.82, 2.24) is 15.5 Å². The van der Waals surface area contributed by atoms with Crippen LogP contribution in [-0.2, 0) is 24.2 Å². The van der Waals surface area contributed by atoms with Crippen LogP contribution in [-0.4, -0.2) is 49.6 Å². The Morgan fingerprint density at radius 2 is 1.90 bits per heavy atom. The quantitative estimate of drug-likeness (QED) is 0.293. The number of rotatable bonds is 9. The lowest BCUT2D eigenvalue weighted by Gasteiger charge is -2.20. The van der Waals surface area contributed by atoms with Crippen molar-refractivity contribution in [3.05, 3.63) is 65.2 Å². The maximum Gasteiger partial charge on any atom is 0.244 e. The maximum absolute atomic E-state index is 12.6. The Bertz CT molecular complexity index is 858. The molecule has 1 aliphatic heterocycles. The number of aliphatic imine (C=N–C) groups is 1. The third-order valence-corrected chi connectivity index (χ3v) is 5.13. The van der Waals surface area contributed by atoms with E-state index in [9.17, 15) is 4.79 Å². The molecule has 0 aromatic heterocycles. The molecule has 6 nitrogen and oxygen atoms in total. The van der Waals surface area contributed by atoms with Gasteiger partial charge in [0.2, 0.25) is 5.91 Å². The molecule has 2 aromatic rings. The number of likely N-dealkylation sites (N-methyl/N-ethyl adjacent to an activating group) is 1. The second-order valence-electron chi connectivity index (χ2n) is 7.31. The molecule has 0 unspecified atom stereocenters. The molecular weight excluding hydrogens is 503 g/mol. The van der Waals surface area contributed by atoms with Gasteiger partial charge in [0, 0.05) is 32.6 Å². The van der Waals surface area contributed by atoms with Gasteiger partial charge in [-0.3, -0.25) is 4.79 Å². The number of halogens is 1. The summed E-state index contributed by atoms with van der Waals surface area (Å²) < 4.78 is 5.57. The zero-order valence-corrected chi connectivity index (χ0v) is 20.7. The highest BCUT2D eigenvalue weighted by Gasteiger charge is 2.13. The second kappa shape index (κ2) is 13.2. The summed E-state index contributed by atoms with van der Waals surface area (Å²) >= 11 is 0. The smallest absolute Gasteiger partial charge is 0.244 e. The first kappa shape index (κ1) is 25.0. The zero-order chi connectivity index (χ0) is 21.2. The molecular formula is C24H33IN4O2. The van der Waals surface area contributed by atoms with E-state index >= 15 is 0 Å². The van der Waals surface area contributed by atoms with Gasteiger partial charge in [-0.25, -0.2) is 4.99 Å². The Kier molecular flexibility index (Phi) is 10.6. The standard InChI is InChI=1S/C24H32N4O2.HI/c1-3-25-24(26-14-12-19-10-11-22-21(16-19)13-15-30-22)27-17-23(29)28(4-2)18-20-8-6-5-7-9-20;/h5-11,16H,3-4,12-15,17-18H2,1-2H3,(H2,25,26,27);1H. The fraction of sp³-hybridized carbons (Fsp3) is 0.417. The normalized spacial score (nSPS) is 12.4. The van der Waals surface area contributed by atoms with Gasteiger partial charge in [0.05, 0.1) is 6.61 Å². The number of fused-ring (bicyclic) bond motifs is 1. The summed E-state index contributed by atoms with van der Waals surface area (Å²) in [7, 11) is 0. The lowest BCUT2D eigenvalue weighted by molar-refractivity contribution is -0.130. The second-order valence-corrected chi connectivity index (χ2v) is 7.31. The lowest BCUT2D eigenvalue weighted by atomic mass is 10.1. The minimum absolute atomic E-state index is 0. The number of guanidine groups is 1. The van der Waals surface area contributed by atoms with E-state index in [2.05, 4.69) is 33.8 Å². The van der Waals surface area contributed by atoms with Crippen molar-refractivity contribution in [2.75, 3.05) is 32.8 Å². The van der Waals surface area contributed by atoms with Crippen molar-refractivity contribution in [3.63, 3.8) is 0 Å². The number of hydrogen-bond donors (Lipinski definition) is 2. The molecule has 1 aliphatic rings. The predicted molar refractivity (Wildman–Crippen MR) is 136 cm³/mol. The van der Waals surface area contributed by atoms with Crippen molar-refractivity contribution in [3.8, 4) is 5.75 Å². The third kappa shape index (κ3) is 7.72. The average molecular weight is 536 g/mol. The number of benzene rings is 2. The van der Waals surface area contributed by atoms with Crippen LogP contribution in [0.3, 0.4) is 0 Å². The first-order valence-corrected chi connectivity index (χ1v) is 10.8. The van der Waals surface area contributed by atoms with Crippen LogP contribution in [0, 0.1) is 0 Å². The van der Waals surface area contributed by atoms with Gasteiger partial charge < -0.3 is 20.3 Å². The van der Waals surface area contributed by atoms with Gasteiger partial charge in [-0.05, 0) is 43.0 Å². The molecule has 31 heavy (non-hydrogen) atoms. The van der Waals surface area contributed by atoms with Gasteiger partial charge in [0.25, 0.3) is 0 Å². The van der Waals surface area contributed by atoms with Crippen LogP contribution in [0.4, 0.5) is 0 Å². The molecule has 0 bridgehead atoms. The monoisotopic (exact) mass is 536 g/mol. The highest BCUT2D eigenvalue weighted by Crippen LogP contribution is 2.25. The van der Waals surface area contributed by atoms with Gasteiger partial charge in [0.15, 0.2) is 5.96 Å². The Morgan fingerprint density at radius 3 is 2.65 bits per heavy atom. The molecule has 0 atom stereocenters. The van der Waals surface area contributed by atoms with Crippen LogP contribution in [0.2, 0.25) is 0 Å². The average Bonchev–Trinajstić information content (AvgIpc) is 3.24. The Morgan fingerprint density at radius 1 is 1.10 bits per heavy atom. The summed E-state index contributed by atoms with van der Waals surface area (Å²) in [5.41, 5.74) is 3.69. The summed E-state index contributed by atoms with van der Waals surface area (Å²) in [5.74, 6) is 1.71. The number of amides is 1. The fourth-order valence-corrected chi connectivity index (χ4v) is 3.49. The van der Waals surface area contributed by atoms with E-state index in [1.54, 1.807) is 0 Å². The van der Waals surface area contributed by atoms with E-state index < -0.39 is 0 Å². The molecule has 1 amide bonds. The summed E-state index contributed by atoms with van der Waals surface area (Å²) in [4.78, 5) is 19.0. The molecule has 2 N–H and O–H groups in total. The molecule has 0 spiro atoms. The third-order valence-electron chi connectivity index (χ3n) is 5.13. The highest BCUT2D eigenvalue weighted by molar-refractivity contribution is 14.0. The summed E-state index contributed by atoms with van der Waals surface area (Å²) in [5, 5.41) is 6.56. The van der Waals surface area contributed by atoms with Gasteiger partial charge in [-0.2, -0.15) is 0 Å². The van der Waals surface area contributed by atoms with E-state index in [4.69, 9.17) is 4.74 Å². The molecule has 0 fully saturated rings. The van der Waals surface area contributed by atoms with E-state index in [0.29, 0.717) is 19.0 Å². The van der Waals surface area contributed by atoms with E-state index in [0.717, 1.165) is 43.9 Å². The molecule has 7 heteroatoms. The van der Waals surface area contributed by atoms with Crippen LogP contribution in [0.5, 0.6) is 5.75 Å². The van der Waals surface area contributed by atoms with Crippen LogP contribution >= 0.6 is 24.0 Å². The van der Waals surface area contributed by atoms with Crippen LogP contribution in [0.15, 0.2) is 53.5 Å². The predicted octanol–water partition coefficient (Wildman–Crippen LogP) is 3.39. The van der Waals surface area contributed by atoms with Crippen molar-refractivity contribution in [1.29, 1.82) is 0 Å². The number of hydrogen-bond acceptors (Lipinski definition) is 3. The Hall–Kier alpha value is -2.29. The maximum atomic E-state index is 12.6. The number of ether oxygens (including phenoxy) is 1. The number of carbonyl (C=O) groups excluding carboxylic acids is 1. The minimum Gasteiger partial charge on any atom is -0.493 e.